The molecule has 0 saturated heterocycles. The molecule has 0 atom stereocenters. The first-order valence-electron chi connectivity index (χ1n) is 4.42. The monoisotopic (exact) mass is 175 g/mol. The first-order valence-corrected chi connectivity index (χ1v) is 4.42. The Morgan fingerprint density at radius 3 is 3.00 bits per heavy atom. The number of aliphatic hydroxyl groups excluding tert-OH is 1. The van der Waals surface area contributed by atoms with Gasteiger partial charge in [0.1, 0.15) is 5.69 Å². The van der Waals surface area contributed by atoms with Gasteiger partial charge in [-0.05, 0) is 24.5 Å². The van der Waals surface area contributed by atoms with Crippen LogP contribution in [-0.4, -0.2) is 10.1 Å². The minimum Gasteiger partial charge on any atom is -0.390 e. The van der Waals surface area contributed by atoms with Crippen molar-refractivity contribution in [3.05, 3.63) is 29.6 Å². The lowest BCUT2D eigenvalue weighted by Crippen LogP contribution is -1.90. The summed E-state index contributed by atoms with van der Waals surface area (Å²) in [6, 6.07) is 5.49. The van der Waals surface area contributed by atoms with Gasteiger partial charge in [-0.1, -0.05) is 18.9 Å². The molecule has 0 bridgehead atoms. The Labute approximate surface area is 78.6 Å². The zero-order valence-corrected chi connectivity index (χ0v) is 7.75. The van der Waals surface area contributed by atoms with Crippen LogP contribution in [0.3, 0.4) is 0 Å². The van der Waals surface area contributed by atoms with E-state index in [9.17, 15) is 0 Å². The Balaban J connectivity index is 2.73. The lowest BCUT2D eigenvalue weighted by atomic mass is 10.3. The number of pyridine rings is 1. The van der Waals surface area contributed by atoms with Crippen molar-refractivity contribution >= 4 is 0 Å². The molecular weight excluding hydrogens is 162 g/mol. The van der Waals surface area contributed by atoms with Crippen LogP contribution in [0.1, 0.15) is 31.2 Å². The van der Waals surface area contributed by atoms with Crippen LogP contribution in [0.4, 0.5) is 0 Å². The molecule has 0 amide bonds. The molecule has 0 spiro atoms. The van der Waals surface area contributed by atoms with E-state index >= 15 is 0 Å². The van der Waals surface area contributed by atoms with Crippen LogP contribution in [0.15, 0.2) is 18.2 Å². The van der Waals surface area contributed by atoms with Crippen LogP contribution in [0.5, 0.6) is 0 Å². The summed E-state index contributed by atoms with van der Waals surface area (Å²) in [5, 5.41) is 8.82. The largest absolute Gasteiger partial charge is 0.390 e. The number of unbranched alkanes of at least 4 members (excludes halogenated alkanes) is 1. The predicted octanol–water partition coefficient (Wildman–Crippen LogP) is 1.73. The van der Waals surface area contributed by atoms with Gasteiger partial charge in [-0.3, -0.25) is 0 Å². The summed E-state index contributed by atoms with van der Waals surface area (Å²) in [4.78, 5) is 4.14. The number of rotatable bonds is 2. The SMILES string of the molecule is CCCC#Cc1cccc(CO)n1. The fourth-order valence-electron chi connectivity index (χ4n) is 0.915. The van der Waals surface area contributed by atoms with Gasteiger partial charge >= 0.3 is 0 Å². The van der Waals surface area contributed by atoms with Crippen LogP contribution >= 0.6 is 0 Å². The Morgan fingerprint density at radius 2 is 2.31 bits per heavy atom. The lowest BCUT2D eigenvalue weighted by Gasteiger charge is -1.94. The van der Waals surface area contributed by atoms with Gasteiger partial charge in [-0.15, -0.1) is 0 Å². The molecule has 2 heteroatoms. The molecule has 13 heavy (non-hydrogen) atoms. The molecule has 68 valence electrons. The summed E-state index contributed by atoms with van der Waals surface area (Å²) in [6.07, 6.45) is 1.96. The highest BCUT2D eigenvalue weighted by atomic mass is 16.3. The van der Waals surface area contributed by atoms with Gasteiger partial charge in [-0.25, -0.2) is 4.98 Å². The minimum atomic E-state index is -0.0245. The first kappa shape index (κ1) is 9.76. The van der Waals surface area contributed by atoms with Gasteiger partial charge in [0.15, 0.2) is 0 Å². The molecule has 1 N–H and O–H groups in total. The number of nitrogens with zero attached hydrogens (tertiary/aromatic N) is 1. The van der Waals surface area contributed by atoms with Gasteiger partial charge < -0.3 is 5.11 Å². The Bertz CT molecular complexity index is 322. The molecule has 0 radical (unpaired) electrons. The number of hydrogen-bond donors (Lipinski definition) is 1. The second-order valence-electron chi connectivity index (χ2n) is 2.72. The van der Waals surface area contributed by atoms with Crippen molar-refractivity contribution in [2.24, 2.45) is 0 Å². The third kappa shape index (κ3) is 3.27. The Morgan fingerprint density at radius 1 is 1.46 bits per heavy atom. The fraction of sp³-hybridized carbons (Fsp3) is 0.364. The lowest BCUT2D eigenvalue weighted by molar-refractivity contribution is 0.277. The van der Waals surface area contributed by atoms with Crippen molar-refractivity contribution in [1.29, 1.82) is 0 Å². The van der Waals surface area contributed by atoms with E-state index in [0.29, 0.717) is 5.69 Å². The van der Waals surface area contributed by atoms with Crippen molar-refractivity contribution in [2.75, 3.05) is 0 Å². The molecule has 1 rings (SSSR count). The van der Waals surface area contributed by atoms with E-state index < -0.39 is 0 Å². The first-order chi connectivity index (χ1) is 6.36. The second kappa shape index (κ2) is 5.34. The van der Waals surface area contributed by atoms with Crippen LogP contribution in [-0.2, 0) is 6.61 Å². The van der Waals surface area contributed by atoms with E-state index in [1.807, 2.05) is 12.1 Å². The molecule has 1 heterocycles. The van der Waals surface area contributed by atoms with Gasteiger partial charge in [-0.2, -0.15) is 0 Å². The van der Waals surface area contributed by atoms with E-state index in [2.05, 4.69) is 23.7 Å². The summed E-state index contributed by atoms with van der Waals surface area (Å²) >= 11 is 0. The van der Waals surface area contributed by atoms with Crippen LogP contribution in [0, 0.1) is 11.8 Å². The van der Waals surface area contributed by atoms with Crippen molar-refractivity contribution in [3.63, 3.8) is 0 Å². The van der Waals surface area contributed by atoms with E-state index in [1.54, 1.807) is 6.07 Å². The van der Waals surface area contributed by atoms with E-state index in [-0.39, 0.29) is 6.61 Å². The number of aliphatic hydroxyl groups is 1. The van der Waals surface area contributed by atoms with Crippen LogP contribution in [0.25, 0.3) is 0 Å². The van der Waals surface area contributed by atoms with E-state index in [0.717, 1.165) is 18.5 Å². The molecule has 0 unspecified atom stereocenters. The van der Waals surface area contributed by atoms with Gasteiger partial charge in [0.25, 0.3) is 0 Å². The summed E-state index contributed by atoms with van der Waals surface area (Å²) in [7, 11) is 0. The Hall–Kier alpha value is -1.33. The standard InChI is InChI=1S/C11H13NO/c1-2-3-4-6-10-7-5-8-11(9-13)12-10/h5,7-8,13H,2-3,9H2,1H3. The maximum absolute atomic E-state index is 8.82. The van der Waals surface area contributed by atoms with Gasteiger partial charge in [0.05, 0.1) is 12.3 Å². The van der Waals surface area contributed by atoms with Crippen LogP contribution in [0.2, 0.25) is 0 Å². The molecule has 0 saturated carbocycles. The molecule has 0 aliphatic heterocycles. The average Bonchev–Trinajstić information content (AvgIpc) is 2.19. The average molecular weight is 175 g/mol. The van der Waals surface area contributed by atoms with Gasteiger partial charge in [0, 0.05) is 6.42 Å². The topological polar surface area (TPSA) is 33.1 Å². The van der Waals surface area contributed by atoms with Crippen molar-refractivity contribution in [1.82, 2.24) is 4.98 Å². The van der Waals surface area contributed by atoms with Crippen molar-refractivity contribution in [3.8, 4) is 11.8 Å². The molecule has 0 aliphatic rings. The van der Waals surface area contributed by atoms with E-state index in [1.165, 1.54) is 0 Å². The maximum Gasteiger partial charge on any atom is 0.113 e. The minimum absolute atomic E-state index is 0.0245. The second-order valence-corrected chi connectivity index (χ2v) is 2.72. The fourth-order valence-corrected chi connectivity index (χ4v) is 0.915. The molecule has 1 aromatic rings. The van der Waals surface area contributed by atoms with E-state index in [4.69, 9.17) is 5.11 Å². The van der Waals surface area contributed by atoms with Gasteiger partial charge in [0.2, 0.25) is 0 Å². The maximum atomic E-state index is 8.82. The summed E-state index contributed by atoms with van der Waals surface area (Å²) < 4.78 is 0. The molecule has 0 aliphatic carbocycles. The molecule has 1 aromatic heterocycles. The number of hydrogen-bond acceptors (Lipinski definition) is 2. The molecule has 2 nitrogen and oxygen atoms in total. The number of aromatic nitrogens is 1. The van der Waals surface area contributed by atoms with Crippen LogP contribution < -0.4 is 0 Å². The summed E-state index contributed by atoms with van der Waals surface area (Å²) in [5.74, 6) is 5.96. The highest BCUT2D eigenvalue weighted by Gasteiger charge is 1.91. The highest BCUT2D eigenvalue weighted by molar-refractivity contribution is 5.28. The normalized spacial score (nSPS) is 9.08. The van der Waals surface area contributed by atoms with Crippen molar-refractivity contribution in [2.45, 2.75) is 26.4 Å². The third-order valence-corrected chi connectivity index (χ3v) is 1.56. The van der Waals surface area contributed by atoms with Crippen molar-refractivity contribution < 1.29 is 5.11 Å². The smallest absolute Gasteiger partial charge is 0.113 e. The predicted molar refractivity (Wildman–Crippen MR) is 51.9 cm³/mol. The quantitative estimate of drug-likeness (QED) is 0.694. The third-order valence-electron chi connectivity index (χ3n) is 1.56. The zero-order chi connectivity index (χ0) is 9.52. The molecular formula is C11H13NO. The summed E-state index contributed by atoms with van der Waals surface area (Å²) in [5.41, 5.74) is 1.41. The highest BCUT2D eigenvalue weighted by Crippen LogP contribution is 1.97. The zero-order valence-electron chi connectivity index (χ0n) is 7.75. The Kier molecular flexibility index (Phi) is 4.01. The molecule has 0 aromatic carbocycles. The summed E-state index contributed by atoms with van der Waals surface area (Å²) in [6.45, 7) is 2.07. The molecule has 0 fully saturated rings.